The summed E-state index contributed by atoms with van der Waals surface area (Å²) < 4.78 is 116. The van der Waals surface area contributed by atoms with Gasteiger partial charge in [-0.1, -0.05) is 305 Å². The van der Waals surface area contributed by atoms with E-state index in [4.69, 9.17) is 85.6 Å². The first-order chi connectivity index (χ1) is 64.6. The summed E-state index contributed by atoms with van der Waals surface area (Å²) in [5, 5.41) is 31.5. The van der Waals surface area contributed by atoms with Gasteiger partial charge in [-0.05, 0) is 148 Å². The molecule has 40 heteroatoms. The number of carbonyl (C=O) groups excluding carboxylic acids is 6. The SMILES string of the molecule is C.C.C.C.C.C.C.CC.CC.CC.CC.CC.CC.CC(=O)C1CCN(C(=O)OC(C)(C)C)CC1.CC(=O)C1CCN(C(=O)OC(C)(C)C)CC1.Nc1c(C(=O)c2ccccc2)cc[n+]([O-])c1-c1ccccc1.Nc1c(C(=O)c2ccccc2)ccnc1-c1ccccc1.O=S(=O)(O)O.O=S(=O)(O)O.O=[S](O)(=[Mg])OO.O=[S](O)(=[Mg])OO.c1ccc(-c2cc(C3CCNCC3)nc3c(-c4ccccc4)nccc23)cc1. The zero-order chi connectivity index (χ0) is 105. The summed E-state index contributed by atoms with van der Waals surface area (Å²) in [6, 6.07) is 65.2. The maximum absolute atomic E-state index is 12.6. The number of benzene rings is 6. The van der Waals surface area contributed by atoms with E-state index in [1.54, 1.807) is 84.4 Å². The Morgan fingerprint density at radius 1 is 0.431 bits per heavy atom. The minimum atomic E-state index is -4.67. The Morgan fingerprint density at radius 3 is 1.03 bits per heavy atom. The van der Waals surface area contributed by atoms with Crippen LogP contribution in [0.5, 0.6) is 0 Å². The van der Waals surface area contributed by atoms with Crippen molar-refractivity contribution in [3.05, 3.63) is 258 Å². The molecule has 0 saturated carbocycles. The molecule has 10 aromatic rings. The van der Waals surface area contributed by atoms with Crippen molar-refractivity contribution in [2.75, 3.05) is 50.7 Å². The topological polar surface area (TPSA) is 540 Å². The Bertz CT molecular complexity index is 5540. The molecular weight excluding hydrogens is 1950 g/mol. The Hall–Kier alpha value is -9.91. The van der Waals surface area contributed by atoms with Crippen LogP contribution in [0.15, 0.2) is 225 Å². The van der Waals surface area contributed by atoms with Gasteiger partial charge in [0.2, 0.25) is 5.69 Å². The third kappa shape index (κ3) is 62.2. The van der Waals surface area contributed by atoms with E-state index >= 15 is 0 Å². The number of pyridine rings is 4. The molecule has 3 saturated heterocycles. The minimum Gasteiger partial charge on any atom is -0.317 e. The number of likely N-dealkylation sites (tertiary alicyclic amines) is 2. The number of nitrogens with one attached hydrogen (secondary N) is 1. The van der Waals surface area contributed by atoms with Gasteiger partial charge in [-0.25, -0.2) is 9.59 Å². The molecule has 2 unspecified atom stereocenters. The molecular formula is C104H165Mg2N9O25S4. The van der Waals surface area contributed by atoms with Crippen molar-refractivity contribution < 1.29 is 115 Å². The van der Waals surface area contributed by atoms with Crippen LogP contribution >= 0.6 is 0 Å². The number of anilines is 2. The summed E-state index contributed by atoms with van der Waals surface area (Å²) in [5.74, 6) is 0.908. The number of amides is 2. The summed E-state index contributed by atoms with van der Waals surface area (Å²) in [5.41, 5.74) is 23.2. The molecule has 0 spiro atoms. The first-order valence-corrected chi connectivity index (χ1v) is 53.9. The molecule has 6 aromatic carbocycles. The zero-order valence-electron chi connectivity index (χ0n) is 82.0. The van der Waals surface area contributed by atoms with Crippen LogP contribution < -0.4 is 21.5 Å². The van der Waals surface area contributed by atoms with Gasteiger partial charge in [-0.2, -0.15) is 21.6 Å². The molecule has 0 radical (unpaired) electrons. The number of hydrogen-bond donors (Lipinski definition) is 11. The molecule has 0 aliphatic carbocycles. The Balaban J connectivity index is -0.000000209. The van der Waals surface area contributed by atoms with Gasteiger partial charge in [0.15, 0.2) is 17.8 Å². The Morgan fingerprint density at radius 2 is 0.715 bits per heavy atom. The van der Waals surface area contributed by atoms with E-state index in [-0.39, 0.29) is 105 Å². The van der Waals surface area contributed by atoms with Crippen LogP contribution in [0.4, 0.5) is 21.0 Å². The number of ketones is 4. The predicted octanol–water partition coefficient (Wildman–Crippen LogP) is 24.0. The van der Waals surface area contributed by atoms with Gasteiger partial charge >= 0.3 is 124 Å². The number of hydrogen-bond acceptors (Lipinski definition) is 25. The van der Waals surface area contributed by atoms with E-state index < -0.39 is 46.6 Å². The van der Waals surface area contributed by atoms with Crippen LogP contribution in [0.2, 0.25) is 0 Å². The van der Waals surface area contributed by atoms with Crippen LogP contribution in [0.1, 0.15) is 272 Å². The van der Waals surface area contributed by atoms with E-state index in [1.807, 2.05) is 210 Å². The molecule has 13 N–H and O–H groups in total. The van der Waals surface area contributed by atoms with E-state index in [1.165, 1.54) is 29.1 Å². The van der Waals surface area contributed by atoms with Gasteiger partial charge in [-0.15, -0.1) is 0 Å². The zero-order valence-corrected chi connectivity index (χ0v) is 88.1. The molecule has 34 nitrogen and oxygen atoms in total. The summed E-state index contributed by atoms with van der Waals surface area (Å²) >= 11 is 1.34. The molecule has 4 aromatic heterocycles. The molecule has 7 heterocycles. The smallest absolute Gasteiger partial charge is 0.0974 e. The summed E-state index contributed by atoms with van der Waals surface area (Å²) in [4.78, 5) is 88.4. The van der Waals surface area contributed by atoms with Crippen molar-refractivity contribution in [1.82, 2.24) is 30.1 Å². The van der Waals surface area contributed by atoms with Crippen molar-refractivity contribution in [1.29, 1.82) is 0 Å². The second kappa shape index (κ2) is 80.3. The number of aromatic nitrogens is 4. The van der Waals surface area contributed by atoms with Gasteiger partial charge < -0.3 is 41.3 Å². The van der Waals surface area contributed by atoms with Gasteiger partial charge in [0.25, 0.3) is 0 Å². The van der Waals surface area contributed by atoms with Crippen molar-refractivity contribution in [3.8, 4) is 44.9 Å². The molecule has 804 valence electrons. The van der Waals surface area contributed by atoms with Gasteiger partial charge in [0.05, 0.1) is 28.2 Å². The van der Waals surface area contributed by atoms with Gasteiger partial charge in [-0.3, -0.25) is 52.3 Å². The molecule has 3 fully saturated rings. The van der Waals surface area contributed by atoms with Crippen LogP contribution in [0.25, 0.3) is 55.8 Å². The number of nitrogens with two attached hydrogens (primary N) is 2. The monoisotopic (exact) mass is 2120 g/mol. The first-order valence-electron chi connectivity index (χ1n) is 44.5. The van der Waals surface area contributed by atoms with Crippen LogP contribution in [0.3, 0.4) is 0 Å². The third-order valence-corrected chi connectivity index (χ3v) is 19.2. The Labute approximate surface area is 882 Å². The van der Waals surface area contributed by atoms with Gasteiger partial charge in [0, 0.05) is 107 Å². The second-order valence-corrected chi connectivity index (χ2v) is 38.7. The number of nitrogen functional groups attached to an aromatic ring is 2. The van der Waals surface area contributed by atoms with Crippen LogP contribution in [0, 0.1) is 17.0 Å². The standard InChI is InChI=1S/C25H23N3.C18H14N2O2.C18H14N2O.2C12H21NO3.6C2H6.7CH4.2Mg.4H2O4S/c1-3-7-18(8-4-1)22-17-23(19-11-14-26-15-12-19)28-25-21(22)13-16-27-24(25)20-9-5-2-6-10-20;19-16-15(18(21)14-9-5-2-6-10-14)11-12-20(22)17(16)13-7-3-1-4-8-13;19-16-15(18(21)14-9-5-2-6-10-14)11-12-20-17(16)13-7-3-1-4-8-13;2*1-9(14)10-5-7-13(8-6-10)11(15)16-12(2,3)4;6*1-2;;;;;;;;;;2*1-5(2,3)4;2*1-4-5(2)3/h1-10,13,16-17,19,26H,11-12,14-15H2;1-12H,19H2;1-12H,19H2;2*10H,5-8H2,1-4H3;6*1-2H3;7*1H4;;;2*(H2,1,2,3,4);2*1H,(H,2,3). The molecule has 3 aliphatic heterocycles. The number of carbonyl (C=O) groups is 6. The van der Waals surface area contributed by atoms with Crippen molar-refractivity contribution >= 4 is 133 Å². The number of nitrogens with zero attached hydrogens (tertiary/aromatic N) is 6. The number of ether oxygens (including phenoxy) is 2. The molecule has 13 rings (SSSR count). The fraction of sp³-hybridized carbons (Fsp3) is 0.423. The Kier molecular flexibility index (Phi) is 84.6. The molecule has 2 atom stereocenters. The largest absolute Gasteiger partial charge is 0.317 e. The number of piperidine rings is 3. The third-order valence-electron chi connectivity index (χ3n) is 18.1. The maximum atomic E-state index is 12.6. The quantitative estimate of drug-likeness (QED) is 0.00971. The van der Waals surface area contributed by atoms with Crippen molar-refractivity contribution in [2.24, 2.45) is 11.8 Å². The number of fused-ring (bicyclic) bond motifs is 1. The first kappa shape index (κ1) is 152. The van der Waals surface area contributed by atoms with E-state index in [2.05, 4.69) is 85.7 Å². The van der Waals surface area contributed by atoms with Crippen molar-refractivity contribution in [2.45, 2.75) is 246 Å². The summed E-state index contributed by atoms with van der Waals surface area (Å²) in [6.07, 6.45) is 9.60. The predicted molar refractivity (Wildman–Crippen MR) is 591 cm³/mol. The fourth-order valence-electron chi connectivity index (χ4n) is 12.4. The fourth-order valence-corrected chi connectivity index (χ4v) is 12.4. The number of Topliss-reactive ketones (excluding diaryl/α,β-unsaturated/α-hetero) is 2. The van der Waals surface area contributed by atoms with Crippen LogP contribution in [-0.2, 0) is 63.2 Å². The molecule has 144 heavy (non-hydrogen) atoms. The molecule has 0 bridgehead atoms. The molecule has 3 aliphatic rings. The maximum Gasteiger partial charge on any atom is 0.0974 e. The average Bonchev–Trinajstić information content (AvgIpc) is 0.761. The second-order valence-electron chi connectivity index (χ2n) is 29.9. The minimum absolute atomic E-state index is 0. The van der Waals surface area contributed by atoms with E-state index in [0.717, 1.165) is 79.3 Å². The van der Waals surface area contributed by atoms with E-state index in [9.17, 15) is 42.4 Å². The van der Waals surface area contributed by atoms with E-state index in [0.29, 0.717) is 121 Å². The van der Waals surface area contributed by atoms with Gasteiger partial charge in [0.1, 0.15) is 28.5 Å². The van der Waals surface area contributed by atoms with Crippen LogP contribution in [-0.4, -0.2) is 213 Å². The normalized spacial score (nSPS) is 12.8. The summed E-state index contributed by atoms with van der Waals surface area (Å²) in [6.45, 7) is 43.0. The summed E-state index contributed by atoms with van der Waals surface area (Å²) in [7, 11) is -16.0. The number of rotatable bonds is 13. The van der Waals surface area contributed by atoms with Crippen molar-refractivity contribution in [3.63, 3.8) is 0 Å². The average molecular weight is 2120 g/mol. The molecule has 2 amide bonds.